The number of carbonyl (C=O) groups is 1. The van der Waals surface area contributed by atoms with Crippen molar-refractivity contribution in [2.45, 2.75) is 6.61 Å². The number of nitrogens with zero attached hydrogens (tertiary/aromatic N) is 2. The zero-order valence-electron chi connectivity index (χ0n) is 14.2. The zero-order chi connectivity index (χ0) is 18.8. The normalized spacial score (nSPS) is 10.9. The minimum atomic E-state index is -1.20. The molecule has 26 heavy (non-hydrogen) atoms. The Morgan fingerprint density at radius 1 is 1.35 bits per heavy atom. The Kier molecular flexibility index (Phi) is 5.21. The molecule has 2 aromatic heterocycles. The number of amides is 1. The summed E-state index contributed by atoms with van der Waals surface area (Å²) in [6.45, 7) is 0.400. The lowest BCUT2D eigenvalue weighted by Gasteiger charge is -2.12. The summed E-state index contributed by atoms with van der Waals surface area (Å²) in [4.78, 5) is 11.6. The Labute approximate surface area is 157 Å². The van der Waals surface area contributed by atoms with E-state index in [-0.39, 0.29) is 11.6 Å². The van der Waals surface area contributed by atoms with Gasteiger partial charge in [-0.1, -0.05) is 11.6 Å². The first kappa shape index (κ1) is 18.3. The van der Waals surface area contributed by atoms with Crippen molar-refractivity contribution in [2.24, 2.45) is 0 Å². The summed E-state index contributed by atoms with van der Waals surface area (Å²) >= 11 is 7.80. The van der Waals surface area contributed by atoms with Crippen LogP contribution in [0.4, 0.5) is 10.5 Å². The minimum Gasteiger partial charge on any atom is -0.496 e. The second-order valence-corrected chi connectivity index (χ2v) is 6.51. The molecular formula is C16H16ClN3O5S. The third-order valence-electron chi connectivity index (χ3n) is 3.65. The molecule has 0 unspecified atom stereocenters. The van der Waals surface area contributed by atoms with E-state index in [4.69, 9.17) is 30.9 Å². The van der Waals surface area contributed by atoms with Crippen LogP contribution in [0.1, 0.15) is 5.56 Å². The van der Waals surface area contributed by atoms with Gasteiger partial charge in [-0.2, -0.15) is 0 Å². The molecule has 0 atom stereocenters. The summed E-state index contributed by atoms with van der Waals surface area (Å²) in [5.41, 5.74) is 2.46. The molecule has 2 heterocycles. The molecule has 2 N–H and O–H groups in total. The number of hydrogen-bond donors (Lipinski definition) is 2. The van der Waals surface area contributed by atoms with Crippen molar-refractivity contribution in [3.63, 3.8) is 0 Å². The number of methoxy groups -OCH3 is 3. The van der Waals surface area contributed by atoms with E-state index in [0.717, 1.165) is 5.56 Å². The van der Waals surface area contributed by atoms with Crippen LogP contribution in [0.25, 0.3) is 16.1 Å². The van der Waals surface area contributed by atoms with E-state index in [1.807, 2.05) is 11.4 Å². The van der Waals surface area contributed by atoms with E-state index >= 15 is 0 Å². The van der Waals surface area contributed by atoms with Crippen molar-refractivity contribution < 1.29 is 24.1 Å². The standard InChI is InChI=1S/C16H16ClN3O5S/c1-23-6-8-4-9(17)12(11(5-8)24-2)10-7-26-15-13(18-16(21)22)14(25-3)19-20(10)15/h4-5,7,18H,6H2,1-3H3,(H,21,22). The Bertz CT molecular complexity index is 969. The third-order valence-corrected chi connectivity index (χ3v) is 4.89. The highest BCUT2D eigenvalue weighted by Gasteiger charge is 2.23. The van der Waals surface area contributed by atoms with Crippen molar-refractivity contribution in [1.82, 2.24) is 9.61 Å². The van der Waals surface area contributed by atoms with Crippen LogP contribution >= 0.6 is 22.9 Å². The molecule has 0 fully saturated rings. The molecule has 0 saturated carbocycles. The summed E-state index contributed by atoms with van der Waals surface area (Å²) in [6.07, 6.45) is -1.20. The number of rotatable bonds is 6. The zero-order valence-corrected chi connectivity index (χ0v) is 15.8. The Balaban J connectivity index is 2.20. The molecule has 0 radical (unpaired) electrons. The molecule has 0 aliphatic rings. The molecule has 1 amide bonds. The fourth-order valence-electron chi connectivity index (χ4n) is 2.63. The highest BCUT2D eigenvalue weighted by Crippen LogP contribution is 2.42. The van der Waals surface area contributed by atoms with Gasteiger partial charge in [0.15, 0.2) is 0 Å². The average Bonchev–Trinajstić information content (AvgIpc) is 3.14. The highest BCUT2D eigenvalue weighted by atomic mass is 35.5. The molecule has 0 saturated heterocycles. The molecule has 0 spiro atoms. The molecular weight excluding hydrogens is 382 g/mol. The number of aromatic nitrogens is 2. The lowest BCUT2D eigenvalue weighted by Crippen LogP contribution is -2.07. The number of nitrogens with one attached hydrogen (secondary N) is 1. The first-order valence-corrected chi connectivity index (χ1v) is 8.65. The quantitative estimate of drug-likeness (QED) is 0.653. The largest absolute Gasteiger partial charge is 0.496 e. The van der Waals surface area contributed by atoms with Gasteiger partial charge in [-0.25, -0.2) is 9.31 Å². The van der Waals surface area contributed by atoms with Gasteiger partial charge < -0.3 is 19.3 Å². The van der Waals surface area contributed by atoms with Crippen molar-refractivity contribution in [1.29, 1.82) is 0 Å². The second kappa shape index (κ2) is 7.40. The fourth-order valence-corrected chi connectivity index (χ4v) is 3.90. The molecule has 138 valence electrons. The first-order chi connectivity index (χ1) is 12.5. The average molecular weight is 398 g/mol. The van der Waals surface area contributed by atoms with Crippen LogP contribution in [0.3, 0.4) is 0 Å². The maximum absolute atomic E-state index is 11.1. The molecule has 8 nitrogen and oxygen atoms in total. The van der Waals surface area contributed by atoms with Gasteiger partial charge in [0.2, 0.25) is 0 Å². The maximum Gasteiger partial charge on any atom is 0.409 e. The molecule has 10 heteroatoms. The molecule has 0 aliphatic carbocycles. The number of anilines is 1. The maximum atomic E-state index is 11.1. The van der Waals surface area contributed by atoms with Crippen LogP contribution < -0.4 is 14.8 Å². The monoisotopic (exact) mass is 397 g/mol. The molecule has 3 rings (SSSR count). The summed E-state index contributed by atoms with van der Waals surface area (Å²) in [5, 5.41) is 18.0. The summed E-state index contributed by atoms with van der Waals surface area (Å²) in [6, 6.07) is 3.63. The molecule has 3 aromatic rings. The Morgan fingerprint density at radius 3 is 2.73 bits per heavy atom. The SMILES string of the molecule is COCc1cc(Cl)c(-c2csc3c(NC(=O)O)c(OC)nn23)c(OC)c1. The van der Waals surface area contributed by atoms with Crippen LogP contribution in [-0.2, 0) is 11.3 Å². The molecule has 0 aliphatic heterocycles. The van der Waals surface area contributed by atoms with Crippen molar-refractivity contribution in [3.8, 4) is 22.9 Å². The van der Waals surface area contributed by atoms with Gasteiger partial charge in [0.1, 0.15) is 16.3 Å². The second-order valence-electron chi connectivity index (χ2n) is 5.24. The van der Waals surface area contributed by atoms with E-state index in [2.05, 4.69) is 10.4 Å². The molecule has 0 bridgehead atoms. The van der Waals surface area contributed by atoms with Gasteiger partial charge >= 0.3 is 6.09 Å². The van der Waals surface area contributed by atoms with Crippen LogP contribution in [0.5, 0.6) is 11.6 Å². The summed E-state index contributed by atoms with van der Waals surface area (Å²) in [7, 11) is 4.58. The van der Waals surface area contributed by atoms with Crippen molar-refractivity contribution in [2.75, 3.05) is 26.6 Å². The first-order valence-electron chi connectivity index (χ1n) is 7.40. The lowest BCUT2D eigenvalue weighted by molar-refractivity contribution is 0.184. The Hall–Kier alpha value is -2.49. The van der Waals surface area contributed by atoms with Crippen LogP contribution in [0, 0.1) is 0 Å². The van der Waals surface area contributed by atoms with Crippen molar-refractivity contribution in [3.05, 3.63) is 28.1 Å². The smallest absolute Gasteiger partial charge is 0.409 e. The van der Waals surface area contributed by atoms with Crippen molar-refractivity contribution >= 4 is 39.5 Å². The summed E-state index contributed by atoms with van der Waals surface area (Å²) in [5.74, 6) is 0.734. The van der Waals surface area contributed by atoms with Gasteiger partial charge in [0.25, 0.3) is 5.88 Å². The number of fused-ring (bicyclic) bond motifs is 1. The van der Waals surface area contributed by atoms with E-state index in [1.54, 1.807) is 24.8 Å². The predicted octanol–water partition coefficient (Wildman–Crippen LogP) is 3.97. The topological polar surface area (TPSA) is 94.3 Å². The fraction of sp³-hybridized carbons (Fsp3) is 0.250. The minimum absolute atomic E-state index is 0.173. The molecule has 1 aromatic carbocycles. The number of halogens is 1. The van der Waals surface area contributed by atoms with Gasteiger partial charge in [-0.05, 0) is 17.7 Å². The van der Waals surface area contributed by atoms with Crippen LogP contribution in [-0.4, -0.2) is 42.1 Å². The van der Waals surface area contributed by atoms with Crippen LogP contribution in [0.2, 0.25) is 5.02 Å². The van der Waals surface area contributed by atoms with Crippen LogP contribution in [0.15, 0.2) is 17.5 Å². The number of ether oxygens (including phenoxy) is 3. The third kappa shape index (κ3) is 3.16. The lowest BCUT2D eigenvalue weighted by atomic mass is 10.1. The van der Waals surface area contributed by atoms with Gasteiger partial charge in [0, 0.05) is 12.5 Å². The van der Waals surface area contributed by atoms with Gasteiger partial charge in [-0.3, -0.25) is 5.32 Å². The number of hydrogen-bond acceptors (Lipinski definition) is 6. The van der Waals surface area contributed by atoms with E-state index < -0.39 is 6.09 Å². The van der Waals surface area contributed by atoms with Gasteiger partial charge in [0.05, 0.1) is 37.1 Å². The predicted molar refractivity (Wildman–Crippen MR) is 99.0 cm³/mol. The Morgan fingerprint density at radius 2 is 2.12 bits per heavy atom. The van der Waals surface area contributed by atoms with E-state index in [9.17, 15) is 4.79 Å². The number of benzene rings is 1. The van der Waals surface area contributed by atoms with E-state index in [1.165, 1.54) is 18.4 Å². The number of carboxylic acid groups (broad SMARTS) is 1. The highest BCUT2D eigenvalue weighted by molar-refractivity contribution is 7.16. The summed E-state index contributed by atoms with van der Waals surface area (Å²) < 4.78 is 17.4. The van der Waals surface area contributed by atoms with E-state index in [0.29, 0.717) is 33.5 Å². The van der Waals surface area contributed by atoms with Gasteiger partial charge in [-0.15, -0.1) is 16.4 Å². The number of thiazole rings is 1.